The molecule has 0 amide bonds. The van der Waals surface area contributed by atoms with Crippen molar-refractivity contribution in [1.29, 1.82) is 0 Å². The van der Waals surface area contributed by atoms with Crippen LogP contribution in [-0.2, 0) is 0 Å². The quantitative estimate of drug-likeness (QED) is 0.805. The molecule has 0 saturated carbocycles. The minimum atomic E-state index is -0.337. The first kappa shape index (κ1) is 13.6. The van der Waals surface area contributed by atoms with Crippen LogP contribution in [0.2, 0.25) is 0 Å². The molecule has 1 atom stereocenters. The highest BCUT2D eigenvalue weighted by atomic mass is 16.5. The molecule has 0 bridgehead atoms. The van der Waals surface area contributed by atoms with Gasteiger partial charge in [-0.15, -0.1) is 0 Å². The fourth-order valence-corrected chi connectivity index (χ4v) is 1.59. The maximum Gasteiger partial charge on any atom is 0.342 e. The Hall–Kier alpha value is -1.51. The van der Waals surface area contributed by atoms with Gasteiger partial charge in [0.2, 0.25) is 0 Å². The van der Waals surface area contributed by atoms with Crippen LogP contribution in [0.15, 0.2) is 15.3 Å². The van der Waals surface area contributed by atoms with E-state index in [1.807, 2.05) is 19.1 Å². The van der Waals surface area contributed by atoms with E-state index in [-0.39, 0.29) is 5.63 Å². The average molecular weight is 236 g/mol. The molecule has 0 saturated heterocycles. The molecule has 1 rings (SSSR count). The molecule has 0 aliphatic rings. The summed E-state index contributed by atoms with van der Waals surface area (Å²) in [7, 11) is 1.57. The van der Waals surface area contributed by atoms with Gasteiger partial charge in [-0.25, -0.2) is 4.79 Å². The SMILES string of the molecule is CCC(C)C=Cc1oc(=O)c(C)c(OC)c1C. The van der Waals surface area contributed by atoms with Crippen LogP contribution in [0.25, 0.3) is 6.08 Å². The Balaban J connectivity index is 3.22. The summed E-state index contributed by atoms with van der Waals surface area (Å²) in [4.78, 5) is 11.6. The molecule has 1 aromatic rings. The number of ether oxygens (including phenoxy) is 1. The topological polar surface area (TPSA) is 39.4 Å². The van der Waals surface area contributed by atoms with Crippen LogP contribution < -0.4 is 10.4 Å². The van der Waals surface area contributed by atoms with E-state index < -0.39 is 0 Å². The van der Waals surface area contributed by atoms with Crippen molar-refractivity contribution >= 4 is 6.08 Å². The van der Waals surface area contributed by atoms with E-state index in [0.29, 0.717) is 23.0 Å². The highest BCUT2D eigenvalue weighted by Crippen LogP contribution is 2.24. The lowest BCUT2D eigenvalue weighted by Gasteiger charge is -2.09. The second-order valence-electron chi connectivity index (χ2n) is 4.28. The molecule has 1 unspecified atom stereocenters. The highest BCUT2D eigenvalue weighted by molar-refractivity contribution is 5.53. The van der Waals surface area contributed by atoms with Crippen LogP contribution >= 0.6 is 0 Å². The molecule has 0 aromatic carbocycles. The van der Waals surface area contributed by atoms with Gasteiger partial charge in [-0.1, -0.05) is 26.3 Å². The fourth-order valence-electron chi connectivity index (χ4n) is 1.59. The van der Waals surface area contributed by atoms with Gasteiger partial charge >= 0.3 is 5.63 Å². The van der Waals surface area contributed by atoms with Crippen LogP contribution in [0.3, 0.4) is 0 Å². The number of methoxy groups -OCH3 is 1. The van der Waals surface area contributed by atoms with Crippen LogP contribution in [-0.4, -0.2) is 7.11 Å². The maximum atomic E-state index is 11.6. The van der Waals surface area contributed by atoms with Crippen molar-refractivity contribution in [3.05, 3.63) is 33.4 Å². The van der Waals surface area contributed by atoms with Crippen molar-refractivity contribution in [3.63, 3.8) is 0 Å². The third-order valence-electron chi connectivity index (χ3n) is 2.98. The van der Waals surface area contributed by atoms with Crippen molar-refractivity contribution in [2.24, 2.45) is 5.92 Å². The van der Waals surface area contributed by atoms with Gasteiger partial charge in [-0.2, -0.15) is 0 Å². The largest absolute Gasteiger partial charge is 0.496 e. The molecule has 17 heavy (non-hydrogen) atoms. The Morgan fingerprint density at radius 1 is 1.35 bits per heavy atom. The van der Waals surface area contributed by atoms with E-state index >= 15 is 0 Å². The molecule has 1 heterocycles. The summed E-state index contributed by atoms with van der Waals surface area (Å²) in [6.07, 6.45) is 4.95. The summed E-state index contributed by atoms with van der Waals surface area (Å²) in [5.74, 6) is 1.66. The van der Waals surface area contributed by atoms with Gasteiger partial charge in [0.25, 0.3) is 0 Å². The molecular formula is C14H20O3. The van der Waals surface area contributed by atoms with Crippen molar-refractivity contribution in [2.45, 2.75) is 34.1 Å². The highest BCUT2D eigenvalue weighted by Gasteiger charge is 2.12. The van der Waals surface area contributed by atoms with E-state index in [0.717, 1.165) is 12.0 Å². The molecule has 1 aromatic heterocycles. The molecule has 0 spiro atoms. The second-order valence-corrected chi connectivity index (χ2v) is 4.28. The first-order chi connectivity index (χ1) is 8.01. The Morgan fingerprint density at radius 2 is 2.00 bits per heavy atom. The zero-order valence-corrected chi connectivity index (χ0v) is 11.2. The molecule has 0 aliphatic carbocycles. The monoisotopic (exact) mass is 236 g/mol. The first-order valence-electron chi connectivity index (χ1n) is 5.87. The summed E-state index contributed by atoms with van der Waals surface area (Å²) in [5.41, 5.74) is 1.05. The summed E-state index contributed by atoms with van der Waals surface area (Å²) in [6.45, 7) is 7.84. The minimum Gasteiger partial charge on any atom is -0.496 e. The van der Waals surface area contributed by atoms with Gasteiger partial charge in [-0.05, 0) is 25.8 Å². The van der Waals surface area contributed by atoms with Crippen molar-refractivity contribution < 1.29 is 9.15 Å². The zero-order valence-electron chi connectivity index (χ0n) is 11.2. The molecule has 0 N–H and O–H groups in total. The van der Waals surface area contributed by atoms with Crippen LogP contribution in [0.1, 0.15) is 37.2 Å². The standard InChI is InChI=1S/C14H20O3/c1-6-9(2)7-8-12-10(3)13(16-5)11(4)14(15)17-12/h7-9H,6H2,1-5H3. The van der Waals surface area contributed by atoms with E-state index in [9.17, 15) is 4.79 Å². The molecule has 3 heteroatoms. The summed E-state index contributed by atoms with van der Waals surface area (Å²) in [5, 5.41) is 0. The Labute approximate surface area is 102 Å². The van der Waals surface area contributed by atoms with Gasteiger partial charge in [0, 0.05) is 5.56 Å². The summed E-state index contributed by atoms with van der Waals surface area (Å²) < 4.78 is 10.5. The Morgan fingerprint density at radius 3 is 2.53 bits per heavy atom. The van der Waals surface area contributed by atoms with Gasteiger partial charge in [-0.3, -0.25) is 0 Å². The number of rotatable bonds is 4. The van der Waals surface area contributed by atoms with Crippen molar-refractivity contribution in [3.8, 4) is 5.75 Å². The van der Waals surface area contributed by atoms with Gasteiger partial charge in [0.15, 0.2) is 0 Å². The number of hydrogen-bond acceptors (Lipinski definition) is 3. The van der Waals surface area contributed by atoms with E-state index in [1.54, 1.807) is 14.0 Å². The Bertz CT molecular complexity index is 469. The summed E-state index contributed by atoms with van der Waals surface area (Å²) >= 11 is 0. The number of hydrogen-bond donors (Lipinski definition) is 0. The Kier molecular flexibility index (Phi) is 4.55. The van der Waals surface area contributed by atoms with E-state index in [4.69, 9.17) is 9.15 Å². The van der Waals surface area contributed by atoms with Crippen molar-refractivity contribution in [2.75, 3.05) is 7.11 Å². The van der Waals surface area contributed by atoms with Gasteiger partial charge in [0.05, 0.1) is 12.7 Å². The van der Waals surface area contributed by atoms with Crippen LogP contribution in [0.5, 0.6) is 5.75 Å². The van der Waals surface area contributed by atoms with Crippen LogP contribution in [0, 0.1) is 19.8 Å². The molecular weight excluding hydrogens is 216 g/mol. The summed E-state index contributed by atoms with van der Waals surface area (Å²) in [6, 6.07) is 0. The lowest BCUT2D eigenvalue weighted by Crippen LogP contribution is -2.08. The normalized spacial score (nSPS) is 13.0. The van der Waals surface area contributed by atoms with Gasteiger partial charge in [0.1, 0.15) is 11.5 Å². The smallest absolute Gasteiger partial charge is 0.342 e. The third-order valence-corrected chi connectivity index (χ3v) is 2.98. The molecule has 94 valence electrons. The van der Waals surface area contributed by atoms with E-state index in [1.165, 1.54) is 0 Å². The first-order valence-corrected chi connectivity index (χ1v) is 5.87. The van der Waals surface area contributed by atoms with Crippen molar-refractivity contribution in [1.82, 2.24) is 0 Å². The molecule has 0 aliphatic heterocycles. The maximum absolute atomic E-state index is 11.6. The lowest BCUT2D eigenvalue weighted by molar-refractivity contribution is 0.390. The predicted octanol–water partition coefficient (Wildman–Crippen LogP) is 3.32. The molecule has 0 radical (unpaired) electrons. The molecule has 3 nitrogen and oxygen atoms in total. The predicted molar refractivity (Wildman–Crippen MR) is 69.5 cm³/mol. The third kappa shape index (κ3) is 2.99. The second kappa shape index (κ2) is 5.71. The average Bonchev–Trinajstić information content (AvgIpc) is 2.32. The lowest BCUT2D eigenvalue weighted by atomic mass is 10.1. The fraction of sp³-hybridized carbons (Fsp3) is 0.500. The minimum absolute atomic E-state index is 0.337. The van der Waals surface area contributed by atoms with Crippen LogP contribution in [0.4, 0.5) is 0 Å². The molecule has 0 fully saturated rings. The zero-order chi connectivity index (χ0) is 13.0. The van der Waals surface area contributed by atoms with E-state index in [2.05, 4.69) is 13.8 Å². The number of allylic oxidation sites excluding steroid dienone is 1. The van der Waals surface area contributed by atoms with Gasteiger partial charge < -0.3 is 9.15 Å².